The minimum Gasteiger partial charge on any atom is -0.462 e. The molecule has 2 aromatic heterocycles. The first kappa shape index (κ1) is 27.1. The lowest BCUT2D eigenvalue weighted by Crippen LogP contribution is -2.23. The lowest BCUT2D eigenvalue weighted by Gasteiger charge is -2.18. The number of amides is 1. The van der Waals surface area contributed by atoms with Crippen LogP contribution < -0.4 is 10.9 Å². The topological polar surface area (TPSA) is 90.3 Å². The number of hydrogen-bond donors (Lipinski definition) is 1. The fraction of sp³-hybridized carbons (Fsp3) is 0.333. The first-order chi connectivity index (χ1) is 18.8. The summed E-state index contributed by atoms with van der Waals surface area (Å²) >= 11 is 2.66. The van der Waals surface area contributed by atoms with E-state index in [1.165, 1.54) is 23.1 Å². The van der Waals surface area contributed by atoms with Gasteiger partial charge in [0.15, 0.2) is 5.16 Å². The molecule has 1 unspecified atom stereocenters. The van der Waals surface area contributed by atoms with Crippen LogP contribution >= 0.6 is 23.1 Å². The fourth-order valence-corrected chi connectivity index (χ4v) is 7.08. The highest BCUT2D eigenvalue weighted by atomic mass is 32.2. The summed E-state index contributed by atoms with van der Waals surface area (Å²) in [5.74, 6) is -0.110. The van der Waals surface area contributed by atoms with Gasteiger partial charge in [-0.25, -0.2) is 9.78 Å². The van der Waals surface area contributed by atoms with Gasteiger partial charge in [-0.2, -0.15) is 0 Å². The third-order valence-electron chi connectivity index (χ3n) is 7.07. The number of carbonyl (C=O) groups is 2. The minimum absolute atomic E-state index is 0.0247. The number of para-hydroxylation sites is 1. The zero-order chi connectivity index (χ0) is 27.7. The predicted molar refractivity (Wildman–Crippen MR) is 158 cm³/mol. The Kier molecular flexibility index (Phi) is 7.91. The summed E-state index contributed by atoms with van der Waals surface area (Å²) in [5, 5.41) is 4.45. The molecule has 1 atom stereocenters. The van der Waals surface area contributed by atoms with Crippen molar-refractivity contribution >= 4 is 50.9 Å². The van der Waals surface area contributed by atoms with Crippen LogP contribution in [0.25, 0.3) is 16.6 Å². The fourth-order valence-electron chi connectivity index (χ4n) is 4.85. The maximum Gasteiger partial charge on any atom is 0.341 e. The van der Waals surface area contributed by atoms with Crippen molar-refractivity contribution in [3.8, 4) is 5.69 Å². The zero-order valence-corrected chi connectivity index (χ0v) is 24.1. The number of carbonyl (C=O) groups excluding carboxylic acids is 2. The monoisotopic (exact) mass is 561 g/mol. The summed E-state index contributed by atoms with van der Waals surface area (Å²) < 4.78 is 6.90. The molecular weight excluding hydrogens is 530 g/mol. The Labute approximate surface area is 235 Å². The van der Waals surface area contributed by atoms with E-state index in [1.807, 2.05) is 44.2 Å². The molecule has 0 fully saturated rings. The van der Waals surface area contributed by atoms with Gasteiger partial charge in [-0.15, -0.1) is 11.3 Å². The van der Waals surface area contributed by atoms with Gasteiger partial charge in [0.1, 0.15) is 5.00 Å². The van der Waals surface area contributed by atoms with E-state index in [2.05, 4.69) is 12.2 Å². The van der Waals surface area contributed by atoms with Gasteiger partial charge in [-0.05, 0) is 86.9 Å². The third-order valence-corrected chi connectivity index (χ3v) is 9.18. The molecule has 0 saturated heterocycles. The van der Waals surface area contributed by atoms with E-state index in [-0.39, 0.29) is 23.8 Å². The molecule has 39 heavy (non-hydrogen) atoms. The summed E-state index contributed by atoms with van der Waals surface area (Å²) in [6.45, 7) is 8.27. The highest BCUT2D eigenvalue weighted by Gasteiger charge is 2.29. The molecule has 2 heterocycles. The van der Waals surface area contributed by atoms with E-state index in [9.17, 15) is 14.4 Å². The molecule has 1 N–H and O–H groups in total. The van der Waals surface area contributed by atoms with E-state index < -0.39 is 5.97 Å². The van der Waals surface area contributed by atoms with Gasteiger partial charge in [0.25, 0.3) is 5.56 Å². The number of aryl methyl sites for hydroxylation is 2. The SMILES string of the molecule is CCOC(=O)c1c(NC(=O)CSc2nc3ccccc3c(=O)n2-c2ccc(C)c(C)c2)sc2c1CCC(C)C2. The van der Waals surface area contributed by atoms with Gasteiger partial charge in [0.05, 0.1) is 34.5 Å². The molecule has 0 saturated carbocycles. The molecule has 9 heteroatoms. The number of fused-ring (bicyclic) bond motifs is 2. The number of anilines is 1. The number of benzene rings is 2. The summed E-state index contributed by atoms with van der Waals surface area (Å²) in [6, 6.07) is 13.1. The summed E-state index contributed by atoms with van der Waals surface area (Å²) in [7, 11) is 0. The van der Waals surface area contributed by atoms with Gasteiger partial charge >= 0.3 is 5.97 Å². The van der Waals surface area contributed by atoms with Crippen LogP contribution in [-0.2, 0) is 22.4 Å². The smallest absolute Gasteiger partial charge is 0.341 e. The number of aromatic nitrogens is 2. The standard InChI is InChI=1S/C30H31N3O4S2/c1-5-37-29(36)26-22-13-10-17(2)14-24(22)39-27(26)32-25(34)16-38-30-31-23-9-7-6-8-21(23)28(35)33(30)20-12-11-18(3)19(4)15-20/h6-9,11-12,15,17H,5,10,13-14,16H2,1-4H3,(H,32,34). The summed E-state index contributed by atoms with van der Waals surface area (Å²) in [4.78, 5) is 45.5. The number of nitrogens with one attached hydrogen (secondary N) is 1. The Morgan fingerprint density at radius 2 is 1.97 bits per heavy atom. The maximum atomic E-state index is 13.6. The van der Waals surface area contributed by atoms with Crippen LogP contribution in [0.15, 0.2) is 52.4 Å². The Balaban J connectivity index is 1.45. The van der Waals surface area contributed by atoms with Crippen molar-refractivity contribution in [3.05, 3.63) is 79.9 Å². The Morgan fingerprint density at radius 1 is 1.18 bits per heavy atom. The lowest BCUT2D eigenvalue weighted by molar-refractivity contribution is -0.113. The number of rotatable bonds is 7. The van der Waals surface area contributed by atoms with Crippen LogP contribution in [0.3, 0.4) is 0 Å². The predicted octanol–water partition coefficient (Wildman–Crippen LogP) is 6.10. The van der Waals surface area contributed by atoms with Crippen LogP contribution in [0, 0.1) is 19.8 Å². The largest absolute Gasteiger partial charge is 0.462 e. The van der Waals surface area contributed by atoms with Crippen LogP contribution in [0.4, 0.5) is 5.00 Å². The van der Waals surface area contributed by atoms with Gasteiger partial charge in [-0.3, -0.25) is 14.2 Å². The third kappa shape index (κ3) is 5.51. The average Bonchev–Trinajstić information content (AvgIpc) is 3.26. The lowest BCUT2D eigenvalue weighted by atomic mass is 9.88. The Morgan fingerprint density at radius 3 is 2.74 bits per heavy atom. The molecule has 1 aliphatic carbocycles. The van der Waals surface area contributed by atoms with E-state index in [4.69, 9.17) is 9.72 Å². The summed E-state index contributed by atoms with van der Waals surface area (Å²) in [6.07, 6.45) is 2.69. The number of hydrogen-bond acceptors (Lipinski definition) is 7. The van der Waals surface area contributed by atoms with Gasteiger partial charge in [-0.1, -0.05) is 36.9 Å². The van der Waals surface area contributed by atoms with Crippen LogP contribution in [0.1, 0.15) is 52.2 Å². The molecule has 0 radical (unpaired) electrons. The molecule has 0 bridgehead atoms. The first-order valence-electron chi connectivity index (χ1n) is 13.1. The van der Waals surface area contributed by atoms with Crippen molar-refractivity contribution in [2.24, 2.45) is 5.92 Å². The average molecular weight is 562 g/mol. The van der Waals surface area contributed by atoms with Gasteiger partial charge in [0.2, 0.25) is 5.91 Å². The van der Waals surface area contributed by atoms with Gasteiger partial charge < -0.3 is 10.1 Å². The molecule has 4 aromatic rings. The first-order valence-corrected chi connectivity index (χ1v) is 14.9. The molecule has 2 aromatic carbocycles. The molecule has 202 valence electrons. The number of thioether (sulfide) groups is 1. The van der Waals surface area contributed by atoms with Crippen molar-refractivity contribution in [2.75, 3.05) is 17.7 Å². The second-order valence-corrected chi connectivity index (χ2v) is 12.0. The molecule has 0 aliphatic heterocycles. The highest BCUT2D eigenvalue weighted by Crippen LogP contribution is 2.40. The molecule has 5 rings (SSSR count). The molecular formula is C30H31N3O4S2. The number of esters is 1. The van der Waals surface area contributed by atoms with E-state index in [1.54, 1.807) is 23.6 Å². The zero-order valence-electron chi connectivity index (χ0n) is 22.5. The number of nitrogens with zero attached hydrogens (tertiary/aromatic N) is 2. The Bertz CT molecular complexity index is 1640. The van der Waals surface area contributed by atoms with Crippen molar-refractivity contribution in [1.82, 2.24) is 9.55 Å². The van der Waals surface area contributed by atoms with Crippen molar-refractivity contribution in [3.63, 3.8) is 0 Å². The van der Waals surface area contributed by atoms with Crippen molar-refractivity contribution in [1.29, 1.82) is 0 Å². The van der Waals surface area contributed by atoms with E-state index >= 15 is 0 Å². The van der Waals surface area contributed by atoms with Crippen LogP contribution in [0.2, 0.25) is 0 Å². The molecule has 1 aliphatic rings. The maximum absolute atomic E-state index is 13.6. The van der Waals surface area contributed by atoms with Crippen molar-refractivity contribution < 1.29 is 14.3 Å². The summed E-state index contributed by atoms with van der Waals surface area (Å²) in [5.41, 5.74) is 4.76. The second kappa shape index (κ2) is 11.4. The molecule has 0 spiro atoms. The van der Waals surface area contributed by atoms with E-state index in [0.717, 1.165) is 40.8 Å². The Hall–Kier alpha value is -3.43. The minimum atomic E-state index is -0.396. The van der Waals surface area contributed by atoms with Crippen LogP contribution in [-0.4, -0.2) is 33.8 Å². The van der Waals surface area contributed by atoms with E-state index in [0.29, 0.717) is 38.2 Å². The molecule has 7 nitrogen and oxygen atoms in total. The second-order valence-electron chi connectivity index (χ2n) is 9.93. The number of thiophene rings is 1. The quantitative estimate of drug-likeness (QED) is 0.167. The number of ether oxygens (including phenoxy) is 1. The highest BCUT2D eigenvalue weighted by molar-refractivity contribution is 7.99. The van der Waals surface area contributed by atoms with Crippen molar-refractivity contribution in [2.45, 2.75) is 52.1 Å². The van der Waals surface area contributed by atoms with Crippen LogP contribution in [0.5, 0.6) is 0 Å². The normalized spacial score (nSPS) is 14.7. The van der Waals surface area contributed by atoms with Gasteiger partial charge in [0, 0.05) is 4.88 Å². The molecule has 1 amide bonds.